The molecule has 0 saturated heterocycles. The zero-order chi connectivity index (χ0) is 21.1. The Kier molecular flexibility index (Phi) is 5.26. The van der Waals surface area contributed by atoms with E-state index in [0.717, 1.165) is 10.8 Å². The quantitative estimate of drug-likeness (QED) is 0.538. The minimum absolute atomic E-state index is 0.130. The number of benzene rings is 3. The third-order valence-electron chi connectivity index (χ3n) is 4.89. The molecule has 0 aliphatic heterocycles. The van der Waals surface area contributed by atoms with Crippen LogP contribution in [0.1, 0.15) is 16.2 Å². The van der Waals surface area contributed by atoms with Crippen LogP contribution >= 0.6 is 0 Å². The first kappa shape index (κ1) is 19.3. The number of aromatic amines is 1. The van der Waals surface area contributed by atoms with Gasteiger partial charge in [0.2, 0.25) is 5.91 Å². The maximum atomic E-state index is 12.4. The van der Waals surface area contributed by atoms with Gasteiger partial charge in [-0.1, -0.05) is 42.5 Å². The molecule has 0 fully saturated rings. The molecule has 4 rings (SSSR count). The standard InChI is InChI=1S/C23H20N4O3/c1-27(14-20-25-19-9-5-4-8-18(19)23(30)26-20)21(28)13-24-22(29)17-11-10-15-6-2-3-7-16(15)12-17/h2-12H,13-14H2,1H3,(H,24,29)(H,25,26,30). The van der Waals surface area contributed by atoms with Gasteiger partial charge < -0.3 is 15.2 Å². The summed E-state index contributed by atoms with van der Waals surface area (Å²) in [5.41, 5.74) is 0.812. The third-order valence-corrected chi connectivity index (χ3v) is 4.89. The number of para-hydroxylation sites is 1. The number of H-pyrrole nitrogens is 1. The largest absolute Gasteiger partial charge is 0.343 e. The van der Waals surface area contributed by atoms with Crippen LogP contribution in [0.5, 0.6) is 0 Å². The van der Waals surface area contributed by atoms with Gasteiger partial charge in [0.25, 0.3) is 11.5 Å². The lowest BCUT2D eigenvalue weighted by Crippen LogP contribution is -2.38. The Morgan fingerprint density at radius 3 is 2.57 bits per heavy atom. The van der Waals surface area contributed by atoms with Crippen molar-refractivity contribution >= 4 is 33.5 Å². The van der Waals surface area contributed by atoms with Crippen molar-refractivity contribution in [2.45, 2.75) is 6.54 Å². The smallest absolute Gasteiger partial charge is 0.258 e. The van der Waals surface area contributed by atoms with Crippen LogP contribution in [0.4, 0.5) is 0 Å². The normalized spacial score (nSPS) is 10.8. The Hall–Kier alpha value is -4.00. The number of fused-ring (bicyclic) bond motifs is 2. The summed E-state index contributed by atoms with van der Waals surface area (Å²) >= 11 is 0. The van der Waals surface area contributed by atoms with E-state index in [1.807, 2.05) is 30.3 Å². The minimum Gasteiger partial charge on any atom is -0.343 e. The molecule has 4 aromatic rings. The van der Waals surface area contributed by atoms with E-state index in [0.29, 0.717) is 22.3 Å². The fraction of sp³-hybridized carbons (Fsp3) is 0.130. The van der Waals surface area contributed by atoms with Crippen LogP contribution in [0, 0.1) is 0 Å². The predicted octanol–water partition coefficient (Wildman–Crippen LogP) is 2.46. The molecule has 1 heterocycles. The highest BCUT2D eigenvalue weighted by molar-refractivity contribution is 6.00. The van der Waals surface area contributed by atoms with Crippen molar-refractivity contribution < 1.29 is 9.59 Å². The summed E-state index contributed by atoms with van der Waals surface area (Å²) in [7, 11) is 1.60. The lowest BCUT2D eigenvalue weighted by Gasteiger charge is -2.17. The van der Waals surface area contributed by atoms with Crippen LogP contribution < -0.4 is 10.9 Å². The van der Waals surface area contributed by atoms with Gasteiger partial charge in [0.15, 0.2) is 0 Å². The first-order chi connectivity index (χ1) is 14.5. The van der Waals surface area contributed by atoms with E-state index in [9.17, 15) is 14.4 Å². The Balaban J connectivity index is 1.39. The number of hydrogen-bond donors (Lipinski definition) is 2. The van der Waals surface area contributed by atoms with E-state index in [2.05, 4.69) is 15.3 Å². The SMILES string of the molecule is CN(Cc1nc2ccccc2c(=O)[nH]1)C(=O)CNC(=O)c1ccc2ccccc2c1. The number of carbonyl (C=O) groups is 2. The summed E-state index contributed by atoms with van der Waals surface area (Å²) in [5.74, 6) is -0.227. The van der Waals surface area contributed by atoms with Gasteiger partial charge in [0.1, 0.15) is 5.82 Å². The molecule has 0 atom stereocenters. The Labute approximate surface area is 172 Å². The van der Waals surface area contributed by atoms with E-state index in [1.54, 1.807) is 43.4 Å². The molecule has 0 unspecified atom stereocenters. The van der Waals surface area contributed by atoms with Gasteiger partial charge in [-0.2, -0.15) is 0 Å². The highest BCUT2D eigenvalue weighted by Crippen LogP contribution is 2.15. The van der Waals surface area contributed by atoms with Crippen LogP contribution in [-0.4, -0.2) is 40.3 Å². The Bertz CT molecular complexity index is 1310. The summed E-state index contributed by atoms with van der Waals surface area (Å²) in [5, 5.41) is 5.15. The fourth-order valence-corrected chi connectivity index (χ4v) is 3.25. The summed E-state index contributed by atoms with van der Waals surface area (Å²) in [6, 6.07) is 20.2. The molecule has 0 aliphatic carbocycles. The summed E-state index contributed by atoms with van der Waals surface area (Å²) in [6.07, 6.45) is 0. The number of nitrogens with zero attached hydrogens (tertiary/aromatic N) is 2. The van der Waals surface area contributed by atoms with Gasteiger partial charge in [-0.3, -0.25) is 14.4 Å². The van der Waals surface area contributed by atoms with Crippen LogP contribution in [0.15, 0.2) is 71.5 Å². The van der Waals surface area contributed by atoms with Crippen LogP contribution in [0.3, 0.4) is 0 Å². The van der Waals surface area contributed by atoms with Crippen molar-refractivity contribution in [3.63, 3.8) is 0 Å². The van der Waals surface area contributed by atoms with Gasteiger partial charge in [-0.15, -0.1) is 0 Å². The number of likely N-dealkylation sites (N-methyl/N-ethyl adjacent to an activating group) is 1. The monoisotopic (exact) mass is 400 g/mol. The zero-order valence-electron chi connectivity index (χ0n) is 16.4. The number of nitrogens with one attached hydrogen (secondary N) is 2. The van der Waals surface area contributed by atoms with E-state index < -0.39 is 0 Å². The highest BCUT2D eigenvalue weighted by atomic mass is 16.2. The molecule has 0 spiro atoms. The van der Waals surface area contributed by atoms with Gasteiger partial charge in [-0.25, -0.2) is 4.98 Å². The Morgan fingerprint density at radius 2 is 1.73 bits per heavy atom. The molecule has 2 N–H and O–H groups in total. The first-order valence-electron chi connectivity index (χ1n) is 9.50. The number of hydrogen-bond acceptors (Lipinski definition) is 4. The average Bonchev–Trinajstić information content (AvgIpc) is 2.76. The lowest BCUT2D eigenvalue weighted by atomic mass is 10.1. The topological polar surface area (TPSA) is 95.2 Å². The van der Waals surface area contributed by atoms with Crippen molar-refractivity contribution in [1.29, 1.82) is 0 Å². The van der Waals surface area contributed by atoms with Gasteiger partial charge >= 0.3 is 0 Å². The van der Waals surface area contributed by atoms with E-state index in [-0.39, 0.29) is 30.5 Å². The van der Waals surface area contributed by atoms with Crippen molar-refractivity contribution in [2.75, 3.05) is 13.6 Å². The summed E-state index contributed by atoms with van der Waals surface area (Å²) in [6.45, 7) is -0.0231. The fourth-order valence-electron chi connectivity index (χ4n) is 3.25. The van der Waals surface area contributed by atoms with Gasteiger partial charge in [0.05, 0.1) is 24.0 Å². The number of rotatable bonds is 5. The summed E-state index contributed by atoms with van der Waals surface area (Å²) < 4.78 is 0. The third kappa shape index (κ3) is 4.05. The molecule has 3 aromatic carbocycles. The van der Waals surface area contributed by atoms with E-state index >= 15 is 0 Å². The number of carbonyl (C=O) groups excluding carboxylic acids is 2. The molecule has 1 aromatic heterocycles. The average molecular weight is 400 g/mol. The highest BCUT2D eigenvalue weighted by Gasteiger charge is 2.14. The van der Waals surface area contributed by atoms with E-state index in [4.69, 9.17) is 0 Å². The molecule has 7 nitrogen and oxygen atoms in total. The second kappa shape index (κ2) is 8.16. The maximum absolute atomic E-state index is 12.4. The number of aromatic nitrogens is 2. The Morgan fingerprint density at radius 1 is 1.00 bits per heavy atom. The molecular weight excluding hydrogens is 380 g/mol. The molecule has 7 heteroatoms. The van der Waals surface area contributed by atoms with Crippen molar-refractivity contribution in [1.82, 2.24) is 20.2 Å². The molecule has 0 saturated carbocycles. The van der Waals surface area contributed by atoms with Gasteiger partial charge in [-0.05, 0) is 35.0 Å². The second-order valence-corrected chi connectivity index (χ2v) is 7.02. The molecule has 150 valence electrons. The second-order valence-electron chi connectivity index (χ2n) is 7.02. The van der Waals surface area contributed by atoms with Crippen molar-refractivity contribution in [3.8, 4) is 0 Å². The molecule has 0 bridgehead atoms. The molecule has 30 heavy (non-hydrogen) atoms. The molecular formula is C23H20N4O3. The molecule has 2 amide bonds. The van der Waals surface area contributed by atoms with Crippen LogP contribution in [0.2, 0.25) is 0 Å². The number of amides is 2. The van der Waals surface area contributed by atoms with Crippen molar-refractivity contribution in [3.05, 3.63) is 88.5 Å². The van der Waals surface area contributed by atoms with E-state index in [1.165, 1.54) is 4.90 Å². The first-order valence-corrected chi connectivity index (χ1v) is 9.50. The lowest BCUT2D eigenvalue weighted by molar-refractivity contribution is -0.129. The van der Waals surface area contributed by atoms with Gasteiger partial charge in [0, 0.05) is 12.6 Å². The van der Waals surface area contributed by atoms with Crippen LogP contribution in [-0.2, 0) is 11.3 Å². The minimum atomic E-state index is -0.320. The van der Waals surface area contributed by atoms with Crippen molar-refractivity contribution in [2.24, 2.45) is 0 Å². The molecule has 0 aliphatic rings. The molecule has 0 radical (unpaired) electrons. The van der Waals surface area contributed by atoms with Crippen LogP contribution in [0.25, 0.3) is 21.7 Å². The predicted molar refractivity (Wildman–Crippen MR) is 115 cm³/mol. The maximum Gasteiger partial charge on any atom is 0.258 e. The zero-order valence-corrected chi connectivity index (χ0v) is 16.4. The summed E-state index contributed by atoms with van der Waals surface area (Å²) in [4.78, 5) is 45.5.